The van der Waals surface area contributed by atoms with E-state index in [0.29, 0.717) is 24.4 Å². The number of hydrogen-bond donors (Lipinski definition) is 2. The van der Waals surface area contributed by atoms with E-state index in [1.165, 1.54) is 6.07 Å². The van der Waals surface area contributed by atoms with E-state index in [1.54, 1.807) is 12.1 Å². The molecule has 0 aliphatic heterocycles. The molecule has 2 saturated carbocycles. The van der Waals surface area contributed by atoms with E-state index in [9.17, 15) is 15.0 Å². The Balaban J connectivity index is 1.63. The molecule has 2 aromatic rings. The molecule has 1 aromatic carbocycles. The second-order valence-electron chi connectivity index (χ2n) is 9.90. The summed E-state index contributed by atoms with van der Waals surface area (Å²) in [5, 5.41) is 22.6. The summed E-state index contributed by atoms with van der Waals surface area (Å²) >= 11 is 0. The van der Waals surface area contributed by atoms with Crippen LogP contribution in [0.1, 0.15) is 53.4 Å². The maximum absolute atomic E-state index is 11.5. The lowest BCUT2D eigenvalue weighted by Gasteiger charge is -2.64. The van der Waals surface area contributed by atoms with Crippen molar-refractivity contribution in [2.75, 3.05) is 6.61 Å². The number of aliphatic hydroxyl groups excluding tert-OH is 1. The summed E-state index contributed by atoms with van der Waals surface area (Å²) in [6.07, 6.45) is 2.91. The van der Waals surface area contributed by atoms with Gasteiger partial charge in [-0.1, -0.05) is 20.8 Å². The number of rotatable bonds is 3. The Labute approximate surface area is 171 Å². The highest BCUT2D eigenvalue weighted by molar-refractivity contribution is 5.77. The van der Waals surface area contributed by atoms with Crippen LogP contribution in [0.25, 0.3) is 11.0 Å². The Kier molecular flexibility index (Phi) is 4.82. The van der Waals surface area contributed by atoms with Crippen LogP contribution in [0.5, 0.6) is 5.75 Å². The van der Waals surface area contributed by atoms with Gasteiger partial charge in [0.15, 0.2) is 0 Å². The molecule has 0 spiro atoms. The first-order valence-electron chi connectivity index (χ1n) is 10.6. The van der Waals surface area contributed by atoms with Crippen LogP contribution in [0.15, 0.2) is 39.5 Å². The number of fused-ring (bicyclic) bond motifs is 2. The van der Waals surface area contributed by atoms with Crippen molar-refractivity contribution < 1.29 is 19.4 Å². The van der Waals surface area contributed by atoms with Crippen molar-refractivity contribution in [3.8, 4) is 5.75 Å². The molecule has 0 bridgehead atoms. The molecule has 2 N–H and O–H groups in total. The number of ether oxygens (including phenoxy) is 1. The van der Waals surface area contributed by atoms with Crippen molar-refractivity contribution in [1.29, 1.82) is 0 Å². The second kappa shape index (κ2) is 6.85. The molecule has 1 aromatic heterocycles. The van der Waals surface area contributed by atoms with Gasteiger partial charge in [-0.3, -0.25) is 0 Å². The van der Waals surface area contributed by atoms with Crippen LogP contribution in [0.2, 0.25) is 0 Å². The third-order valence-electron chi connectivity index (χ3n) is 8.53. The summed E-state index contributed by atoms with van der Waals surface area (Å²) < 4.78 is 11.4. The summed E-state index contributed by atoms with van der Waals surface area (Å²) in [4.78, 5) is 11.5. The molecule has 5 nitrogen and oxygen atoms in total. The van der Waals surface area contributed by atoms with E-state index in [2.05, 4.69) is 20.8 Å². The third kappa shape index (κ3) is 3.19. The summed E-state index contributed by atoms with van der Waals surface area (Å²) in [6.45, 7) is 8.97. The van der Waals surface area contributed by atoms with Crippen LogP contribution in [-0.2, 0) is 0 Å². The molecule has 0 radical (unpaired) electrons. The Morgan fingerprint density at radius 2 is 1.83 bits per heavy atom. The monoisotopic (exact) mass is 400 g/mol. The zero-order chi connectivity index (χ0) is 21.0. The Morgan fingerprint density at radius 1 is 1.10 bits per heavy atom. The number of hydrogen-bond acceptors (Lipinski definition) is 5. The topological polar surface area (TPSA) is 79.9 Å². The predicted molar refractivity (Wildman–Crippen MR) is 112 cm³/mol. The molecule has 1 heterocycles. The largest absolute Gasteiger partial charge is 0.493 e. The van der Waals surface area contributed by atoms with Gasteiger partial charge in [0.1, 0.15) is 11.3 Å². The molecule has 2 aliphatic carbocycles. The van der Waals surface area contributed by atoms with Gasteiger partial charge in [-0.2, -0.15) is 0 Å². The summed E-state index contributed by atoms with van der Waals surface area (Å²) in [7, 11) is 0. The van der Waals surface area contributed by atoms with Gasteiger partial charge in [-0.05, 0) is 67.6 Å². The van der Waals surface area contributed by atoms with Crippen molar-refractivity contribution in [1.82, 2.24) is 0 Å². The van der Waals surface area contributed by atoms with Gasteiger partial charge in [-0.15, -0.1) is 0 Å². The maximum atomic E-state index is 11.5. The molecule has 0 saturated heterocycles. The Morgan fingerprint density at radius 3 is 2.59 bits per heavy atom. The van der Waals surface area contributed by atoms with Gasteiger partial charge in [-0.25, -0.2) is 4.79 Å². The average molecular weight is 401 g/mol. The van der Waals surface area contributed by atoms with Crippen LogP contribution in [0, 0.1) is 22.7 Å². The van der Waals surface area contributed by atoms with Crippen LogP contribution < -0.4 is 10.4 Å². The Hall–Kier alpha value is -1.85. The Bertz CT molecular complexity index is 963. The summed E-state index contributed by atoms with van der Waals surface area (Å²) in [6, 6.07) is 8.62. The normalized spacial score (nSPS) is 39.9. The smallest absolute Gasteiger partial charge is 0.336 e. The zero-order valence-corrected chi connectivity index (χ0v) is 17.8. The van der Waals surface area contributed by atoms with Crippen molar-refractivity contribution in [2.45, 2.75) is 65.1 Å². The zero-order valence-electron chi connectivity index (χ0n) is 17.8. The molecule has 29 heavy (non-hydrogen) atoms. The van der Waals surface area contributed by atoms with Gasteiger partial charge >= 0.3 is 5.63 Å². The lowest BCUT2D eigenvalue weighted by Crippen LogP contribution is -2.64. The van der Waals surface area contributed by atoms with E-state index in [-0.39, 0.29) is 34.4 Å². The quantitative estimate of drug-likeness (QED) is 0.757. The highest BCUT2D eigenvalue weighted by atomic mass is 16.5. The molecule has 2 fully saturated rings. The van der Waals surface area contributed by atoms with E-state index in [0.717, 1.165) is 24.6 Å². The van der Waals surface area contributed by atoms with Gasteiger partial charge in [0.25, 0.3) is 0 Å². The first-order valence-corrected chi connectivity index (χ1v) is 10.6. The third-order valence-corrected chi connectivity index (χ3v) is 8.53. The van der Waals surface area contributed by atoms with Crippen molar-refractivity contribution in [3.63, 3.8) is 0 Å². The summed E-state index contributed by atoms with van der Waals surface area (Å²) in [5.74, 6) is 0.736. The van der Waals surface area contributed by atoms with Gasteiger partial charge in [0.2, 0.25) is 0 Å². The van der Waals surface area contributed by atoms with E-state index < -0.39 is 5.60 Å². The van der Waals surface area contributed by atoms with Gasteiger partial charge in [0.05, 0.1) is 18.3 Å². The van der Waals surface area contributed by atoms with E-state index >= 15 is 0 Å². The molecule has 6 atom stereocenters. The maximum Gasteiger partial charge on any atom is 0.336 e. The lowest BCUT2D eigenvalue weighted by molar-refractivity contribution is -0.219. The highest BCUT2D eigenvalue weighted by Crippen LogP contribution is 2.65. The van der Waals surface area contributed by atoms with Crippen LogP contribution >= 0.6 is 0 Å². The fourth-order valence-electron chi connectivity index (χ4n) is 6.06. The molecule has 0 amide bonds. The van der Waals surface area contributed by atoms with Crippen LogP contribution in [0.3, 0.4) is 0 Å². The standard InChI is InChI=1S/C24H32O5/c1-15-18(25)9-10-23(3)20(24(4,27)12-11-22(15,23)2)14-28-17-7-5-16-6-8-21(26)29-19(16)13-17/h5-8,13,15,18,20,25,27H,9-12,14H2,1-4H3/t15-,18-,20+,22+,23-,24-/m0/s1. The first kappa shape index (κ1) is 20.4. The minimum absolute atomic E-state index is 0.0584. The molecular formula is C24H32O5. The van der Waals surface area contributed by atoms with Crippen molar-refractivity contribution in [3.05, 3.63) is 40.8 Å². The lowest BCUT2D eigenvalue weighted by atomic mass is 9.42. The minimum atomic E-state index is -0.834. The van der Waals surface area contributed by atoms with Gasteiger partial charge in [0, 0.05) is 23.4 Å². The molecule has 2 aliphatic rings. The van der Waals surface area contributed by atoms with Crippen molar-refractivity contribution >= 4 is 11.0 Å². The molecule has 5 heteroatoms. The van der Waals surface area contributed by atoms with E-state index in [1.807, 2.05) is 19.1 Å². The number of benzene rings is 1. The van der Waals surface area contributed by atoms with Crippen LogP contribution in [-0.4, -0.2) is 28.5 Å². The van der Waals surface area contributed by atoms with Crippen LogP contribution in [0.4, 0.5) is 0 Å². The van der Waals surface area contributed by atoms with E-state index in [4.69, 9.17) is 9.15 Å². The highest BCUT2D eigenvalue weighted by Gasteiger charge is 2.63. The first-order chi connectivity index (χ1) is 13.6. The summed E-state index contributed by atoms with van der Waals surface area (Å²) in [5.41, 5.74) is -0.924. The van der Waals surface area contributed by atoms with Gasteiger partial charge < -0.3 is 19.4 Å². The fraction of sp³-hybridized carbons (Fsp3) is 0.625. The fourth-order valence-corrected chi connectivity index (χ4v) is 6.06. The molecule has 0 unspecified atom stereocenters. The average Bonchev–Trinajstić information content (AvgIpc) is 2.67. The predicted octanol–water partition coefficient (Wildman–Crippen LogP) is 4.14. The molecule has 4 rings (SSSR count). The SMILES string of the molecule is C[C@H]1[C@@H](O)CC[C@@]2(C)[C@@H](COc3ccc4ccc(=O)oc4c3)[C@@](C)(O)CC[C@]12C. The van der Waals surface area contributed by atoms with Crippen molar-refractivity contribution in [2.24, 2.45) is 22.7 Å². The molecule has 158 valence electrons. The number of aliphatic hydroxyl groups is 2. The minimum Gasteiger partial charge on any atom is -0.493 e. The molecular weight excluding hydrogens is 368 g/mol. The second-order valence-corrected chi connectivity index (χ2v) is 9.90.